The van der Waals surface area contributed by atoms with Crippen molar-refractivity contribution in [3.63, 3.8) is 0 Å². The molecular weight excluding hydrogens is 456 g/mol. The molecule has 1 aromatic carbocycles. The lowest BCUT2D eigenvalue weighted by Gasteiger charge is -2.47. The summed E-state index contributed by atoms with van der Waals surface area (Å²) in [7, 11) is 0. The molecule has 1 fully saturated rings. The van der Waals surface area contributed by atoms with Gasteiger partial charge in [-0.25, -0.2) is 0 Å². The van der Waals surface area contributed by atoms with Gasteiger partial charge in [-0.1, -0.05) is 36.0 Å². The number of esters is 3. The maximum Gasteiger partial charge on any atom is 0.303 e. The van der Waals surface area contributed by atoms with Crippen LogP contribution < -0.4 is 0 Å². The molecule has 0 radical (unpaired) electrons. The van der Waals surface area contributed by atoms with E-state index in [1.807, 2.05) is 0 Å². The largest absolute Gasteiger partial charge is 0.477 e. The van der Waals surface area contributed by atoms with Crippen LogP contribution in [0.4, 0.5) is 0 Å². The van der Waals surface area contributed by atoms with E-state index in [4.69, 9.17) is 23.7 Å². The van der Waals surface area contributed by atoms with Crippen molar-refractivity contribution in [1.29, 1.82) is 0 Å². The third-order valence-corrected chi connectivity index (χ3v) is 6.39. The van der Waals surface area contributed by atoms with Crippen LogP contribution in [0.25, 0.3) is 0 Å². The van der Waals surface area contributed by atoms with Gasteiger partial charge in [-0.2, -0.15) is 0 Å². The summed E-state index contributed by atoms with van der Waals surface area (Å²) in [5, 5.41) is 0. The van der Waals surface area contributed by atoms with Gasteiger partial charge in [0.05, 0.1) is 0 Å². The van der Waals surface area contributed by atoms with Crippen LogP contribution >= 0.6 is 11.8 Å². The fourth-order valence-electron chi connectivity index (χ4n) is 3.89. The molecule has 0 spiro atoms. The molecule has 4 rings (SSSR count). The number of hydrogen-bond donors (Lipinski definition) is 0. The zero-order valence-corrected chi connectivity index (χ0v) is 18.7. The van der Waals surface area contributed by atoms with Crippen molar-refractivity contribution in [3.05, 3.63) is 46.1 Å². The molecule has 10 nitrogen and oxygen atoms in total. The highest BCUT2D eigenvalue weighted by Crippen LogP contribution is 2.46. The van der Waals surface area contributed by atoms with Gasteiger partial charge in [-0.15, -0.1) is 0 Å². The molecule has 3 aliphatic rings. The van der Waals surface area contributed by atoms with Gasteiger partial charge in [-0.3, -0.25) is 24.0 Å². The van der Waals surface area contributed by atoms with E-state index >= 15 is 0 Å². The number of carbonyl (C=O) groups is 5. The van der Waals surface area contributed by atoms with Crippen molar-refractivity contribution >= 4 is 41.2 Å². The Morgan fingerprint density at radius 2 is 1.52 bits per heavy atom. The van der Waals surface area contributed by atoms with Gasteiger partial charge >= 0.3 is 17.9 Å². The van der Waals surface area contributed by atoms with E-state index in [-0.39, 0.29) is 28.4 Å². The van der Waals surface area contributed by atoms with Crippen molar-refractivity contribution in [1.82, 2.24) is 0 Å². The second-order valence-electron chi connectivity index (χ2n) is 7.56. The minimum absolute atomic E-state index is 0.0682. The number of rotatable bonds is 4. The quantitative estimate of drug-likeness (QED) is 0.463. The van der Waals surface area contributed by atoms with E-state index in [0.717, 1.165) is 18.7 Å². The Labute approximate surface area is 192 Å². The fraction of sp³-hybridized carbons (Fsp3) is 0.409. The van der Waals surface area contributed by atoms with Crippen LogP contribution in [0.5, 0.6) is 0 Å². The van der Waals surface area contributed by atoms with Gasteiger partial charge in [0.1, 0.15) is 23.1 Å². The Kier molecular flexibility index (Phi) is 6.26. The van der Waals surface area contributed by atoms with Crippen LogP contribution in [0.1, 0.15) is 41.5 Å². The predicted octanol–water partition coefficient (Wildman–Crippen LogP) is 1.56. The van der Waals surface area contributed by atoms with Crippen LogP contribution in [-0.4, -0.2) is 65.9 Å². The van der Waals surface area contributed by atoms with Gasteiger partial charge < -0.3 is 23.7 Å². The standard InChI is InChI=1S/C22H20O10S/c1-9(23)28-8-14-17(29-10(2)24)19(30-11(3)25)20-22(31-14)33-21-16(27)13-7-5-4-6-12(13)15(26)18(21)32-20/h4-7,14,17,19-20,22H,8H2,1-3H3. The summed E-state index contributed by atoms with van der Waals surface area (Å²) >= 11 is 0.954. The average Bonchev–Trinajstić information content (AvgIpc) is 2.76. The number of ketones is 2. The van der Waals surface area contributed by atoms with E-state index in [1.165, 1.54) is 19.9 Å². The summed E-state index contributed by atoms with van der Waals surface area (Å²) in [6.45, 7) is 3.24. The smallest absolute Gasteiger partial charge is 0.303 e. The summed E-state index contributed by atoms with van der Waals surface area (Å²) in [5.41, 5.74) is -0.467. The molecular formula is C22H20O10S. The van der Waals surface area contributed by atoms with Crippen molar-refractivity contribution in [2.45, 2.75) is 50.6 Å². The first-order valence-corrected chi connectivity index (χ1v) is 10.9. The van der Waals surface area contributed by atoms with Crippen molar-refractivity contribution in [2.24, 2.45) is 0 Å². The lowest BCUT2D eigenvalue weighted by atomic mass is 9.92. The zero-order chi connectivity index (χ0) is 23.9. The van der Waals surface area contributed by atoms with Crippen molar-refractivity contribution in [3.8, 4) is 0 Å². The summed E-state index contributed by atoms with van der Waals surface area (Å²) in [6, 6.07) is 6.36. The molecule has 0 aromatic heterocycles. The fourth-order valence-corrected chi connectivity index (χ4v) is 5.13. The lowest BCUT2D eigenvalue weighted by molar-refractivity contribution is -0.234. The van der Waals surface area contributed by atoms with E-state index < -0.39 is 59.3 Å². The number of ether oxygens (including phenoxy) is 5. The number of hydrogen-bond acceptors (Lipinski definition) is 11. The minimum Gasteiger partial charge on any atom is -0.477 e. The number of allylic oxidation sites excluding steroid dienone is 2. The average molecular weight is 476 g/mol. The maximum absolute atomic E-state index is 13.1. The van der Waals surface area contributed by atoms with Crippen LogP contribution in [0.15, 0.2) is 34.9 Å². The number of carbonyl (C=O) groups excluding carboxylic acids is 5. The predicted molar refractivity (Wildman–Crippen MR) is 111 cm³/mol. The lowest BCUT2D eigenvalue weighted by Crippen LogP contribution is -2.62. The van der Waals surface area contributed by atoms with E-state index in [0.29, 0.717) is 0 Å². The van der Waals surface area contributed by atoms with Gasteiger partial charge in [0.15, 0.2) is 24.1 Å². The Balaban J connectivity index is 1.72. The highest BCUT2D eigenvalue weighted by atomic mass is 32.2. The van der Waals surface area contributed by atoms with E-state index in [9.17, 15) is 24.0 Å². The highest BCUT2D eigenvalue weighted by molar-refractivity contribution is 8.04. The van der Waals surface area contributed by atoms with Gasteiger partial charge in [-0.05, 0) is 0 Å². The third-order valence-electron chi connectivity index (χ3n) is 5.17. The molecule has 0 N–H and O–H groups in total. The SMILES string of the molecule is CC(=O)OCC1OC2SC3=C(OC2C(OC(C)=O)C1OC(C)=O)C(=O)c1ccccc1C3=O. The molecule has 11 heteroatoms. The van der Waals surface area contributed by atoms with Gasteiger partial charge in [0.2, 0.25) is 11.6 Å². The molecule has 0 bridgehead atoms. The molecule has 174 valence electrons. The molecule has 5 atom stereocenters. The second-order valence-corrected chi connectivity index (χ2v) is 8.66. The Morgan fingerprint density at radius 1 is 0.909 bits per heavy atom. The molecule has 2 heterocycles. The first-order valence-electron chi connectivity index (χ1n) is 10.1. The van der Waals surface area contributed by atoms with E-state index in [1.54, 1.807) is 18.2 Å². The second kappa shape index (κ2) is 8.99. The summed E-state index contributed by atoms with van der Waals surface area (Å²) < 4.78 is 27.7. The van der Waals surface area contributed by atoms with Crippen LogP contribution in [-0.2, 0) is 38.1 Å². The number of benzene rings is 1. The van der Waals surface area contributed by atoms with Gasteiger partial charge in [0.25, 0.3) is 0 Å². The van der Waals surface area contributed by atoms with Crippen LogP contribution in [0.3, 0.4) is 0 Å². The molecule has 1 aromatic rings. The molecule has 1 aliphatic carbocycles. The molecule has 0 amide bonds. The molecule has 1 saturated heterocycles. The summed E-state index contributed by atoms with van der Waals surface area (Å²) in [4.78, 5) is 61.2. The van der Waals surface area contributed by atoms with Crippen molar-refractivity contribution in [2.75, 3.05) is 6.61 Å². The number of Topliss-reactive ketones (excluding diaryl/α,β-unsaturated/α-hetero) is 2. The summed E-state index contributed by atoms with van der Waals surface area (Å²) in [6.07, 6.45) is -4.45. The monoisotopic (exact) mass is 476 g/mol. The molecule has 0 saturated carbocycles. The molecule has 33 heavy (non-hydrogen) atoms. The Morgan fingerprint density at radius 3 is 2.12 bits per heavy atom. The summed E-state index contributed by atoms with van der Waals surface area (Å²) in [5.74, 6) is -3.02. The van der Waals surface area contributed by atoms with E-state index in [2.05, 4.69) is 0 Å². The Hall–Kier alpha value is -3.18. The minimum atomic E-state index is -1.19. The molecule has 2 aliphatic heterocycles. The number of fused-ring (bicyclic) bond motifs is 2. The number of thioether (sulfide) groups is 1. The normalized spacial score (nSPS) is 28.0. The first kappa shape index (κ1) is 23.0. The zero-order valence-electron chi connectivity index (χ0n) is 17.9. The van der Waals surface area contributed by atoms with Crippen molar-refractivity contribution < 1.29 is 47.7 Å². The highest BCUT2D eigenvalue weighted by Gasteiger charge is 2.56. The van der Waals surface area contributed by atoms with Gasteiger partial charge in [0, 0.05) is 31.9 Å². The van der Waals surface area contributed by atoms with Crippen LogP contribution in [0, 0.1) is 0 Å². The topological polar surface area (TPSA) is 132 Å². The maximum atomic E-state index is 13.1. The first-order chi connectivity index (χ1) is 15.7. The third kappa shape index (κ3) is 4.38. The molecule has 5 unspecified atom stereocenters. The van der Waals surface area contributed by atoms with Crippen LogP contribution in [0.2, 0.25) is 0 Å². The Bertz CT molecular complexity index is 1080.